The molecule has 8 heteroatoms. The average Bonchev–Trinajstić information content (AvgIpc) is 3.27. The van der Waals surface area contributed by atoms with Gasteiger partial charge in [0.05, 0.1) is 5.69 Å². The van der Waals surface area contributed by atoms with Crippen molar-refractivity contribution in [3.05, 3.63) is 71.6 Å². The van der Waals surface area contributed by atoms with Crippen LogP contribution in [0.4, 0.5) is 0 Å². The van der Waals surface area contributed by atoms with Gasteiger partial charge in [-0.25, -0.2) is 14.2 Å². The summed E-state index contributed by atoms with van der Waals surface area (Å²) in [5.74, 6) is 0.461. The van der Waals surface area contributed by atoms with Crippen LogP contribution in [0.1, 0.15) is 22.9 Å². The second kappa shape index (κ2) is 6.99. The molecule has 3 heterocycles. The predicted octanol–water partition coefficient (Wildman–Crippen LogP) is 2.21. The van der Waals surface area contributed by atoms with E-state index in [4.69, 9.17) is 4.74 Å². The van der Waals surface area contributed by atoms with Crippen LogP contribution in [-0.4, -0.2) is 35.3 Å². The number of hydrogen-bond donors (Lipinski definition) is 0. The van der Waals surface area contributed by atoms with Crippen molar-refractivity contribution in [2.24, 2.45) is 0 Å². The fourth-order valence-electron chi connectivity index (χ4n) is 2.78. The predicted molar refractivity (Wildman–Crippen MR) is 97.3 cm³/mol. The zero-order valence-electron chi connectivity index (χ0n) is 15.0. The highest BCUT2D eigenvalue weighted by Gasteiger charge is 2.13. The number of aryl methyl sites for hydroxylation is 2. The van der Waals surface area contributed by atoms with Gasteiger partial charge in [-0.1, -0.05) is 18.2 Å². The summed E-state index contributed by atoms with van der Waals surface area (Å²) in [6.45, 7) is 3.91. The summed E-state index contributed by atoms with van der Waals surface area (Å²) in [5, 5.41) is 8.72. The van der Waals surface area contributed by atoms with Gasteiger partial charge in [0.1, 0.15) is 18.7 Å². The molecule has 0 unspecified atom stereocenters. The van der Waals surface area contributed by atoms with Crippen LogP contribution in [-0.2, 0) is 22.6 Å². The van der Waals surface area contributed by atoms with Gasteiger partial charge < -0.3 is 4.74 Å². The van der Waals surface area contributed by atoms with Crippen molar-refractivity contribution in [1.82, 2.24) is 29.4 Å². The smallest absolute Gasteiger partial charge is 0.313 e. The Morgan fingerprint density at radius 3 is 2.70 bits per heavy atom. The minimum atomic E-state index is -0.408. The van der Waals surface area contributed by atoms with Crippen LogP contribution in [0.15, 0.2) is 48.7 Å². The number of rotatable bonds is 5. The van der Waals surface area contributed by atoms with E-state index >= 15 is 0 Å². The number of fused-ring (bicyclic) bond motifs is 1. The van der Waals surface area contributed by atoms with Crippen LogP contribution in [0.5, 0.6) is 0 Å². The van der Waals surface area contributed by atoms with Gasteiger partial charge in [-0.05, 0) is 38.1 Å². The van der Waals surface area contributed by atoms with Gasteiger partial charge in [-0.2, -0.15) is 10.1 Å². The second-order valence-electron chi connectivity index (χ2n) is 6.20. The molecule has 0 spiro atoms. The molecule has 0 saturated heterocycles. The van der Waals surface area contributed by atoms with Gasteiger partial charge >= 0.3 is 5.97 Å². The van der Waals surface area contributed by atoms with Gasteiger partial charge in [-0.15, -0.1) is 5.10 Å². The lowest BCUT2D eigenvalue weighted by Crippen LogP contribution is -2.10. The van der Waals surface area contributed by atoms with Gasteiger partial charge in [0, 0.05) is 17.6 Å². The van der Waals surface area contributed by atoms with E-state index in [1.54, 1.807) is 9.20 Å². The summed E-state index contributed by atoms with van der Waals surface area (Å²) >= 11 is 0. The van der Waals surface area contributed by atoms with E-state index in [2.05, 4.69) is 20.2 Å². The van der Waals surface area contributed by atoms with Crippen molar-refractivity contribution >= 4 is 11.7 Å². The first-order valence-electron chi connectivity index (χ1n) is 8.54. The molecule has 136 valence electrons. The molecule has 4 aromatic rings. The van der Waals surface area contributed by atoms with Crippen LogP contribution in [0.25, 0.3) is 11.5 Å². The molecule has 4 rings (SSSR count). The topological polar surface area (TPSA) is 87.2 Å². The molecule has 27 heavy (non-hydrogen) atoms. The zero-order chi connectivity index (χ0) is 18.8. The molecule has 3 aromatic heterocycles. The lowest BCUT2D eigenvalue weighted by molar-refractivity contribution is -0.144. The fourth-order valence-corrected chi connectivity index (χ4v) is 2.78. The largest absolute Gasteiger partial charge is 0.459 e. The van der Waals surface area contributed by atoms with Crippen LogP contribution in [0.2, 0.25) is 0 Å². The molecule has 0 bridgehead atoms. The Kier molecular flexibility index (Phi) is 4.37. The van der Waals surface area contributed by atoms with Crippen molar-refractivity contribution < 1.29 is 9.53 Å². The standard InChI is InChI=1S/C19H18N6O2/c1-13-10-14(2)25-19(20-13)21-17(23-25)11-18(26)27-12-15-8-9-24(22-15)16-6-4-3-5-7-16/h3-10H,11-12H2,1-2H3. The Hall–Kier alpha value is -3.55. The highest BCUT2D eigenvalue weighted by atomic mass is 16.5. The van der Waals surface area contributed by atoms with E-state index in [1.807, 2.05) is 62.5 Å². The Labute approximate surface area is 155 Å². The van der Waals surface area contributed by atoms with Gasteiger partial charge in [0.25, 0.3) is 5.78 Å². The van der Waals surface area contributed by atoms with Crippen molar-refractivity contribution in [3.63, 3.8) is 0 Å². The summed E-state index contributed by atoms with van der Waals surface area (Å²) in [6.07, 6.45) is 1.82. The lowest BCUT2D eigenvalue weighted by Gasteiger charge is -2.02. The molecule has 0 N–H and O–H groups in total. The first-order valence-corrected chi connectivity index (χ1v) is 8.54. The number of carbonyl (C=O) groups excluding carboxylic acids is 1. The molecular formula is C19H18N6O2. The second-order valence-corrected chi connectivity index (χ2v) is 6.20. The molecule has 0 amide bonds. The molecule has 8 nitrogen and oxygen atoms in total. The number of hydrogen-bond acceptors (Lipinski definition) is 6. The highest BCUT2D eigenvalue weighted by Crippen LogP contribution is 2.09. The quantitative estimate of drug-likeness (QED) is 0.506. The van der Waals surface area contributed by atoms with Crippen molar-refractivity contribution in [2.45, 2.75) is 26.9 Å². The van der Waals surface area contributed by atoms with Gasteiger partial charge in [-0.3, -0.25) is 4.79 Å². The maximum absolute atomic E-state index is 12.1. The third-order valence-electron chi connectivity index (χ3n) is 4.01. The van der Waals surface area contributed by atoms with E-state index in [0.717, 1.165) is 17.1 Å². The van der Waals surface area contributed by atoms with E-state index in [9.17, 15) is 4.79 Å². The van der Waals surface area contributed by atoms with Crippen LogP contribution in [0, 0.1) is 13.8 Å². The summed E-state index contributed by atoms with van der Waals surface area (Å²) in [4.78, 5) is 20.7. The Bertz CT molecular complexity index is 1100. The normalized spacial score (nSPS) is 11.0. The number of esters is 1. The lowest BCUT2D eigenvalue weighted by atomic mass is 10.3. The first-order chi connectivity index (χ1) is 13.1. The minimum absolute atomic E-state index is 0.0127. The molecule has 0 aliphatic heterocycles. The number of carbonyl (C=O) groups is 1. The monoisotopic (exact) mass is 362 g/mol. The molecular weight excluding hydrogens is 344 g/mol. The number of aromatic nitrogens is 6. The maximum Gasteiger partial charge on any atom is 0.313 e. The minimum Gasteiger partial charge on any atom is -0.459 e. The molecule has 0 atom stereocenters. The summed E-state index contributed by atoms with van der Waals surface area (Å²) < 4.78 is 8.67. The van der Waals surface area contributed by atoms with Crippen molar-refractivity contribution in [2.75, 3.05) is 0 Å². The Morgan fingerprint density at radius 1 is 1.07 bits per heavy atom. The summed E-state index contributed by atoms with van der Waals surface area (Å²) in [6, 6.07) is 13.5. The summed E-state index contributed by atoms with van der Waals surface area (Å²) in [7, 11) is 0. The van der Waals surface area contributed by atoms with E-state index in [1.165, 1.54) is 0 Å². The number of benzene rings is 1. The van der Waals surface area contributed by atoms with E-state index < -0.39 is 5.97 Å². The third kappa shape index (κ3) is 3.69. The highest BCUT2D eigenvalue weighted by molar-refractivity contribution is 5.71. The maximum atomic E-state index is 12.1. The molecule has 0 saturated carbocycles. The Balaban J connectivity index is 1.39. The van der Waals surface area contributed by atoms with E-state index in [-0.39, 0.29) is 13.0 Å². The summed E-state index contributed by atoms with van der Waals surface area (Å²) in [5.41, 5.74) is 3.39. The molecule has 1 aromatic carbocycles. The molecule has 0 aliphatic rings. The fraction of sp³-hybridized carbons (Fsp3) is 0.211. The SMILES string of the molecule is Cc1cc(C)n2nc(CC(=O)OCc3ccn(-c4ccccc4)n3)nc2n1. The van der Waals surface area contributed by atoms with Gasteiger partial charge in [0.15, 0.2) is 5.82 Å². The first kappa shape index (κ1) is 16.9. The number of nitrogens with zero attached hydrogens (tertiary/aromatic N) is 6. The zero-order valence-corrected chi connectivity index (χ0v) is 15.0. The van der Waals surface area contributed by atoms with Gasteiger partial charge in [0.2, 0.25) is 0 Å². The Morgan fingerprint density at radius 2 is 1.89 bits per heavy atom. The molecule has 0 aliphatic carbocycles. The molecule has 0 radical (unpaired) electrons. The average molecular weight is 362 g/mol. The third-order valence-corrected chi connectivity index (χ3v) is 4.01. The van der Waals surface area contributed by atoms with Crippen LogP contribution in [0.3, 0.4) is 0 Å². The van der Waals surface area contributed by atoms with E-state index in [0.29, 0.717) is 17.3 Å². The number of ether oxygens (including phenoxy) is 1. The van der Waals surface area contributed by atoms with Crippen molar-refractivity contribution in [3.8, 4) is 5.69 Å². The number of para-hydroxylation sites is 1. The van der Waals surface area contributed by atoms with Crippen molar-refractivity contribution in [1.29, 1.82) is 0 Å². The van der Waals surface area contributed by atoms with Crippen LogP contribution < -0.4 is 0 Å². The molecule has 0 fully saturated rings. The van der Waals surface area contributed by atoms with Crippen LogP contribution >= 0.6 is 0 Å².